The number of pyridine rings is 1. The van der Waals surface area contributed by atoms with Gasteiger partial charge in [-0.1, -0.05) is 0 Å². The van der Waals surface area contributed by atoms with Crippen LogP contribution < -0.4 is 0 Å². The number of aromatic nitrogens is 4. The smallest absolute Gasteiger partial charge is 0.103 e. The molecule has 0 aliphatic heterocycles. The van der Waals surface area contributed by atoms with Crippen molar-refractivity contribution >= 4 is 17.3 Å². The van der Waals surface area contributed by atoms with Crippen molar-refractivity contribution in [2.45, 2.75) is 4.90 Å². The minimum Gasteiger partial charge on any atom is -0.309 e. The summed E-state index contributed by atoms with van der Waals surface area (Å²) in [6, 6.07) is 4.32. The van der Waals surface area contributed by atoms with Crippen LogP contribution in [0.2, 0.25) is 0 Å². The fourth-order valence-corrected chi connectivity index (χ4v) is 3.41. The maximum atomic E-state index is 9.28. The molecule has 0 atom stereocenters. The molecule has 0 spiro atoms. The first-order valence-corrected chi connectivity index (χ1v) is 7.86. The third-order valence-corrected chi connectivity index (χ3v) is 4.33. The van der Waals surface area contributed by atoms with Crippen molar-refractivity contribution in [3.63, 3.8) is 0 Å². The van der Waals surface area contributed by atoms with Crippen LogP contribution in [0, 0.1) is 11.3 Å². The van der Waals surface area contributed by atoms with Crippen LogP contribution in [0.4, 0.5) is 0 Å². The Morgan fingerprint density at radius 3 is 2.91 bits per heavy atom. The molecule has 1 N–H and O–H groups in total. The lowest BCUT2D eigenvalue weighted by Crippen LogP contribution is -2.14. The molecule has 0 aliphatic rings. The summed E-state index contributed by atoms with van der Waals surface area (Å²) in [5.74, 6) is 0.952. The van der Waals surface area contributed by atoms with Gasteiger partial charge in [-0.05, 0) is 20.2 Å². The molecule has 112 valence electrons. The molecular weight excluding hydrogens is 296 g/mol. The molecule has 3 rings (SSSR count). The summed E-state index contributed by atoms with van der Waals surface area (Å²) in [4.78, 5) is 3.21. The Bertz CT molecular complexity index is 813. The zero-order valence-electron chi connectivity index (χ0n) is 12.4. The molecule has 0 bridgehead atoms. The predicted molar refractivity (Wildman–Crippen MR) is 86.8 cm³/mol. The molecule has 3 aromatic heterocycles. The predicted octanol–water partition coefficient (Wildman–Crippen LogP) is 2.25. The van der Waals surface area contributed by atoms with E-state index in [9.17, 15) is 5.26 Å². The molecule has 0 amide bonds. The van der Waals surface area contributed by atoms with E-state index in [0.29, 0.717) is 5.56 Å². The monoisotopic (exact) mass is 312 g/mol. The van der Waals surface area contributed by atoms with Gasteiger partial charge >= 0.3 is 0 Å². The number of nitrogens with zero attached hydrogens (tertiary/aromatic N) is 5. The molecule has 3 aromatic rings. The van der Waals surface area contributed by atoms with Gasteiger partial charge in [0.1, 0.15) is 6.07 Å². The minimum absolute atomic E-state index is 0.603. The normalized spacial score (nSPS) is 11.2. The fraction of sp³-hybridized carbons (Fsp3) is 0.267. The standard InChI is InChI=1S/C15H16N6S/c1-20(2)3-4-22-14-5-11(13-7-17-18-8-13)10-21-15(14)12(6-16)9-19-21/h5,7-10H,3-4H2,1-2H3,(H,17,18). The number of rotatable bonds is 5. The molecule has 0 aromatic carbocycles. The lowest BCUT2D eigenvalue weighted by molar-refractivity contribution is 0.437. The summed E-state index contributed by atoms with van der Waals surface area (Å²) in [5.41, 5.74) is 3.51. The molecule has 0 aliphatic carbocycles. The summed E-state index contributed by atoms with van der Waals surface area (Å²) < 4.78 is 1.78. The summed E-state index contributed by atoms with van der Waals surface area (Å²) in [6.45, 7) is 0.975. The first-order chi connectivity index (χ1) is 10.7. The fourth-order valence-electron chi connectivity index (χ4n) is 2.18. The molecule has 7 heteroatoms. The summed E-state index contributed by atoms with van der Waals surface area (Å²) in [7, 11) is 4.11. The molecule has 0 radical (unpaired) electrons. The molecule has 0 fully saturated rings. The second kappa shape index (κ2) is 6.22. The first kappa shape index (κ1) is 14.6. The van der Waals surface area contributed by atoms with Crippen LogP contribution in [0.3, 0.4) is 0 Å². The maximum Gasteiger partial charge on any atom is 0.103 e. The first-order valence-electron chi connectivity index (χ1n) is 6.87. The third kappa shape index (κ3) is 2.84. The number of thioether (sulfide) groups is 1. The highest BCUT2D eigenvalue weighted by Gasteiger charge is 2.13. The average Bonchev–Trinajstić information content (AvgIpc) is 3.16. The van der Waals surface area contributed by atoms with E-state index in [1.807, 2.05) is 12.4 Å². The summed E-state index contributed by atoms with van der Waals surface area (Å²) in [6.07, 6.45) is 7.18. The van der Waals surface area contributed by atoms with Gasteiger partial charge in [0.15, 0.2) is 0 Å². The highest BCUT2D eigenvalue weighted by atomic mass is 32.2. The van der Waals surface area contributed by atoms with Gasteiger partial charge in [0.2, 0.25) is 0 Å². The van der Waals surface area contributed by atoms with Crippen molar-refractivity contribution in [2.24, 2.45) is 0 Å². The van der Waals surface area contributed by atoms with Gasteiger partial charge in [0, 0.05) is 40.7 Å². The molecule has 0 saturated heterocycles. The Morgan fingerprint density at radius 1 is 1.36 bits per heavy atom. The van der Waals surface area contributed by atoms with Crippen molar-refractivity contribution in [1.82, 2.24) is 24.7 Å². The third-order valence-electron chi connectivity index (χ3n) is 3.32. The Morgan fingerprint density at radius 2 is 2.23 bits per heavy atom. The number of fused-ring (bicyclic) bond motifs is 1. The van der Waals surface area contributed by atoms with Crippen LogP contribution in [-0.4, -0.2) is 51.1 Å². The average molecular weight is 312 g/mol. The van der Waals surface area contributed by atoms with Gasteiger partial charge in [-0.15, -0.1) is 11.8 Å². The van der Waals surface area contributed by atoms with E-state index < -0.39 is 0 Å². The summed E-state index contributed by atoms with van der Waals surface area (Å²) in [5, 5.41) is 20.4. The zero-order chi connectivity index (χ0) is 15.5. The number of aromatic amines is 1. The van der Waals surface area contributed by atoms with E-state index in [-0.39, 0.29) is 0 Å². The zero-order valence-corrected chi connectivity index (χ0v) is 13.3. The van der Waals surface area contributed by atoms with E-state index in [2.05, 4.69) is 46.4 Å². The molecule has 0 unspecified atom stereocenters. The molecule has 22 heavy (non-hydrogen) atoms. The number of hydrogen-bond acceptors (Lipinski definition) is 5. The second-order valence-electron chi connectivity index (χ2n) is 5.19. The lowest BCUT2D eigenvalue weighted by Gasteiger charge is -2.11. The van der Waals surface area contributed by atoms with Gasteiger partial charge in [-0.25, -0.2) is 4.52 Å². The topological polar surface area (TPSA) is 73.0 Å². The number of nitriles is 1. The Kier molecular flexibility index (Phi) is 4.13. The van der Waals surface area contributed by atoms with Crippen molar-refractivity contribution in [3.8, 4) is 17.2 Å². The molecule has 0 saturated carbocycles. The lowest BCUT2D eigenvalue weighted by atomic mass is 10.1. The Hall–Kier alpha value is -2.30. The van der Waals surface area contributed by atoms with E-state index >= 15 is 0 Å². The van der Waals surface area contributed by atoms with Gasteiger partial charge < -0.3 is 4.90 Å². The molecule has 3 heterocycles. The Labute approximate surface area is 132 Å². The largest absolute Gasteiger partial charge is 0.309 e. The minimum atomic E-state index is 0.603. The Balaban J connectivity index is 2.05. The quantitative estimate of drug-likeness (QED) is 0.732. The van der Waals surface area contributed by atoms with Gasteiger partial charge in [-0.3, -0.25) is 5.10 Å². The molecule has 6 nitrogen and oxygen atoms in total. The van der Waals surface area contributed by atoms with Crippen molar-refractivity contribution in [2.75, 3.05) is 26.4 Å². The van der Waals surface area contributed by atoms with Crippen molar-refractivity contribution in [3.05, 3.63) is 36.4 Å². The van der Waals surface area contributed by atoms with Crippen LogP contribution in [0.15, 0.2) is 35.7 Å². The number of nitrogens with one attached hydrogen (secondary N) is 1. The van der Waals surface area contributed by atoms with Crippen LogP contribution in [-0.2, 0) is 0 Å². The SMILES string of the molecule is CN(C)CCSc1cc(-c2cn[nH]c2)cn2ncc(C#N)c12. The maximum absolute atomic E-state index is 9.28. The molecular formula is C15H16N6S. The summed E-state index contributed by atoms with van der Waals surface area (Å²) >= 11 is 1.74. The van der Waals surface area contributed by atoms with E-state index in [1.165, 1.54) is 0 Å². The van der Waals surface area contributed by atoms with Crippen molar-refractivity contribution in [1.29, 1.82) is 5.26 Å². The van der Waals surface area contributed by atoms with Crippen LogP contribution in [0.1, 0.15) is 5.56 Å². The van der Waals surface area contributed by atoms with Gasteiger partial charge in [0.05, 0.1) is 23.5 Å². The van der Waals surface area contributed by atoms with Crippen LogP contribution >= 0.6 is 11.8 Å². The van der Waals surface area contributed by atoms with E-state index in [0.717, 1.165) is 33.8 Å². The highest BCUT2D eigenvalue weighted by Crippen LogP contribution is 2.30. The van der Waals surface area contributed by atoms with Crippen LogP contribution in [0.5, 0.6) is 0 Å². The number of H-pyrrole nitrogens is 1. The van der Waals surface area contributed by atoms with Crippen molar-refractivity contribution < 1.29 is 0 Å². The van der Waals surface area contributed by atoms with E-state index in [4.69, 9.17) is 0 Å². The van der Waals surface area contributed by atoms with Gasteiger partial charge in [-0.2, -0.15) is 15.5 Å². The number of hydrogen-bond donors (Lipinski definition) is 1. The highest BCUT2D eigenvalue weighted by molar-refractivity contribution is 7.99. The van der Waals surface area contributed by atoms with Gasteiger partial charge in [0.25, 0.3) is 0 Å². The van der Waals surface area contributed by atoms with Crippen LogP contribution in [0.25, 0.3) is 16.6 Å². The second-order valence-corrected chi connectivity index (χ2v) is 6.33. The van der Waals surface area contributed by atoms with E-state index in [1.54, 1.807) is 28.7 Å².